The highest BCUT2D eigenvalue weighted by Gasteiger charge is 2.18. The van der Waals surface area contributed by atoms with Crippen LogP contribution < -0.4 is 0 Å². The van der Waals surface area contributed by atoms with Gasteiger partial charge in [-0.3, -0.25) is 0 Å². The SMILES string of the molecule is Cc1nc2c(Br)c(C(=O)O)[nH]c2n1C. The molecule has 0 bridgehead atoms. The largest absolute Gasteiger partial charge is 0.477 e. The molecule has 5 nitrogen and oxygen atoms in total. The number of aromatic amines is 1. The minimum Gasteiger partial charge on any atom is -0.477 e. The van der Waals surface area contributed by atoms with Crippen LogP contribution in [0.2, 0.25) is 0 Å². The third kappa shape index (κ3) is 1.07. The smallest absolute Gasteiger partial charge is 0.353 e. The maximum Gasteiger partial charge on any atom is 0.353 e. The van der Waals surface area contributed by atoms with E-state index in [1.165, 1.54) is 0 Å². The van der Waals surface area contributed by atoms with Crippen LogP contribution in [0.5, 0.6) is 0 Å². The van der Waals surface area contributed by atoms with Gasteiger partial charge in [-0.15, -0.1) is 0 Å². The number of imidazole rings is 1. The Labute approximate surface area is 87.9 Å². The molecule has 0 fully saturated rings. The summed E-state index contributed by atoms with van der Waals surface area (Å²) >= 11 is 3.21. The molecule has 2 N–H and O–H groups in total. The second-order valence-corrected chi connectivity index (χ2v) is 3.83. The summed E-state index contributed by atoms with van der Waals surface area (Å²) in [5.74, 6) is -0.156. The van der Waals surface area contributed by atoms with Gasteiger partial charge in [0.1, 0.15) is 22.7 Å². The molecule has 0 aliphatic rings. The quantitative estimate of drug-likeness (QED) is 0.817. The van der Waals surface area contributed by atoms with Gasteiger partial charge in [-0.2, -0.15) is 0 Å². The van der Waals surface area contributed by atoms with Gasteiger partial charge in [-0.05, 0) is 22.9 Å². The summed E-state index contributed by atoms with van der Waals surface area (Å²) in [5.41, 5.74) is 1.51. The number of aryl methyl sites for hydroxylation is 2. The van der Waals surface area contributed by atoms with E-state index < -0.39 is 5.97 Å². The van der Waals surface area contributed by atoms with Crippen LogP contribution >= 0.6 is 15.9 Å². The highest BCUT2D eigenvalue weighted by Crippen LogP contribution is 2.27. The number of aromatic nitrogens is 3. The predicted molar refractivity (Wildman–Crippen MR) is 54.5 cm³/mol. The van der Waals surface area contributed by atoms with E-state index in [1.54, 1.807) is 0 Å². The Hall–Kier alpha value is -1.30. The summed E-state index contributed by atoms with van der Waals surface area (Å²) in [7, 11) is 1.83. The van der Waals surface area contributed by atoms with Crippen molar-refractivity contribution in [2.24, 2.45) is 7.05 Å². The number of halogens is 1. The maximum atomic E-state index is 10.8. The molecule has 0 amide bonds. The molecule has 0 spiro atoms. The minimum absolute atomic E-state index is 0.137. The molecule has 2 rings (SSSR count). The molecular weight excluding hydrogens is 250 g/mol. The van der Waals surface area contributed by atoms with E-state index in [0.29, 0.717) is 15.6 Å². The first-order chi connectivity index (χ1) is 6.52. The summed E-state index contributed by atoms with van der Waals surface area (Å²) < 4.78 is 2.32. The zero-order valence-electron chi connectivity index (χ0n) is 7.63. The number of nitrogens with zero attached hydrogens (tertiary/aromatic N) is 2. The Balaban J connectivity index is 2.83. The number of carboxylic acids is 1. The van der Waals surface area contributed by atoms with Crippen molar-refractivity contribution in [1.82, 2.24) is 14.5 Å². The van der Waals surface area contributed by atoms with Crippen LogP contribution in [0.25, 0.3) is 11.2 Å². The summed E-state index contributed by atoms with van der Waals surface area (Å²) in [5, 5.41) is 8.85. The van der Waals surface area contributed by atoms with Gasteiger partial charge in [0.2, 0.25) is 0 Å². The Morgan fingerprint density at radius 3 is 2.79 bits per heavy atom. The van der Waals surface area contributed by atoms with Crippen LogP contribution in [0.4, 0.5) is 0 Å². The topological polar surface area (TPSA) is 70.9 Å². The first-order valence-electron chi connectivity index (χ1n) is 3.96. The zero-order chi connectivity index (χ0) is 10.5. The first kappa shape index (κ1) is 9.26. The van der Waals surface area contributed by atoms with Crippen LogP contribution in [0.3, 0.4) is 0 Å². The van der Waals surface area contributed by atoms with Gasteiger partial charge < -0.3 is 14.7 Å². The van der Waals surface area contributed by atoms with Gasteiger partial charge in [0.15, 0.2) is 0 Å². The van der Waals surface area contributed by atoms with E-state index in [0.717, 1.165) is 5.82 Å². The van der Waals surface area contributed by atoms with Gasteiger partial charge in [0, 0.05) is 7.05 Å². The van der Waals surface area contributed by atoms with Crippen LogP contribution in [0.1, 0.15) is 16.3 Å². The second-order valence-electron chi connectivity index (χ2n) is 3.03. The first-order valence-corrected chi connectivity index (χ1v) is 4.75. The average molecular weight is 258 g/mol. The summed E-state index contributed by atoms with van der Waals surface area (Å²) in [6, 6.07) is 0. The number of rotatable bonds is 1. The number of hydrogen-bond acceptors (Lipinski definition) is 2. The molecule has 0 atom stereocenters. The Morgan fingerprint density at radius 2 is 2.29 bits per heavy atom. The van der Waals surface area contributed by atoms with Crippen molar-refractivity contribution in [3.8, 4) is 0 Å². The fourth-order valence-electron chi connectivity index (χ4n) is 1.35. The standard InChI is InChI=1S/C8H8BrN3O2/c1-3-10-5-4(9)6(8(13)14)11-7(5)12(3)2/h11H,1-2H3,(H,13,14). The van der Waals surface area contributed by atoms with Gasteiger partial charge in [0.05, 0.1) is 4.47 Å². The average Bonchev–Trinajstić information content (AvgIpc) is 2.56. The van der Waals surface area contributed by atoms with Gasteiger partial charge >= 0.3 is 5.97 Å². The molecule has 0 radical (unpaired) electrons. The maximum absolute atomic E-state index is 10.8. The lowest BCUT2D eigenvalue weighted by molar-refractivity contribution is 0.0690. The Kier molecular flexibility index (Phi) is 1.88. The van der Waals surface area contributed by atoms with Crippen molar-refractivity contribution >= 4 is 33.1 Å². The van der Waals surface area contributed by atoms with Gasteiger partial charge in [-0.25, -0.2) is 9.78 Å². The third-order valence-corrected chi connectivity index (χ3v) is 2.98. The van der Waals surface area contributed by atoms with Crippen LogP contribution in [-0.4, -0.2) is 25.6 Å². The molecule has 74 valence electrons. The molecule has 0 saturated heterocycles. The predicted octanol–water partition coefficient (Wildman–Crippen LogP) is 1.67. The van der Waals surface area contributed by atoms with Crippen molar-refractivity contribution in [1.29, 1.82) is 0 Å². The fraction of sp³-hybridized carbons (Fsp3) is 0.250. The minimum atomic E-state index is -0.993. The van der Waals surface area contributed by atoms with Crippen molar-refractivity contribution in [2.45, 2.75) is 6.92 Å². The molecule has 14 heavy (non-hydrogen) atoms. The molecule has 0 aliphatic heterocycles. The molecule has 0 aromatic carbocycles. The van der Waals surface area contributed by atoms with E-state index in [9.17, 15) is 4.79 Å². The van der Waals surface area contributed by atoms with Crippen LogP contribution in [0, 0.1) is 6.92 Å². The van der Waals surface area contributed by atoms with Crippen molar-refractivity contribution < 1.29 is 9.90 Å². The molecule has 2 aromatic rings. The zero-order valence-corrected chi connectivity index (χ0v) is 9.21. The highest BCUT2D eigenvalue weighted by molar-refractivity contribution is 9.10. The number of nitrogens with one attached hydrogen (secondary N) is 1. The summed E-state index contributed by atoms with van der Waals surface area (Å²) in [6.07, 6.45) is 0. The number of hydrogen-bond donors (Lipinski definition) is 2. The van der Waals surface area contributed by atoms with Crippen LogP contribution in [0.15, 0.2) is 4.47 Å². The normalized spacial score (nSPS) is 11.1. The van der Waals surface area contributed by atoms with Gasteiger partial charge in [-0.1, -0.05) is 0 Å². The number of carboxylic acid groups (broad SMARTS) is 1. The molecule has 0 saturated carbocycles. The van der Waals surface area contributed by atoms with Crippen molar-refractivity contribution in [3.63, 3.8) is 0 Å². The van der Waals surface area contributed by atoms with Gasteiger partial charge in [0.25, 0.3) is 0 Å². The molecule has 0 aliphatic carbocycles. The Bertz CT molecular complexity index is 526. The lowest BCUT2D eigenvalue weighted by Crippen LogP contribution is -1.99. The molecule has 2 aromatic heterocycles. The molecule has 2 heterocycles. The highest BCUT2D eigenvalue weighted by atomic mass is 79.9. The van der Waals surface area contributed by atoms with E-state index in [1.807, 2.05) is 18.5 Å². The molecule has 0 unspecified atom stereocenters. The Morgan fingerprint density at radius 1 is 1.64 bits per heavy atom. The summed E-state index contributed by atoms with van der Waals surface area (Å²) in [4.78, 5) is 17.8. The van der Waals surface area contributed by atoms with E-state index in [4.69, 9.17) is 5.11 Å². The number of fused-ring (bicyclic) bond motifs is 1. The molecule has 6 heteroatoms. The molecular formula is C8H8BrN3O2. The lowest BCUT2D eigenvalue weighted by Gasteiger charge is -1.94. The van der Waals surface area contributed by atoms with E-state index >= 15 is 0 Å². The number of H-pyrrole nitrogens is 1. The van der Waals surface area contributed by atoms with E-state index in [2.05, 4.69) is 25.9 Å². The number of aromatic carboxylic acids is 1. The summed E-state index contributed by atoms with van der Waals surface area (Å²) in [6.45, 7) is 1.86. The van der Waals surface area contributed by atoms with Crippen molar-refractivity contribution in [2.75, 3.05) is 0 Å². The lowest BCUT2D eigenvalue weighted by atomic mass is 10.4. The van der Waals surface area contributed by atoms with Crippen molar-refractivity contribution in [3.05, 3.63) is 16.0 Å². The second kappa shape index (κ2) is 2.84. The van der Waals surface area contributed by atoms with Crippen LogP contribution in [-0.2, 0) is 7.05 Å². The number of carbonyl (C=O) groups is 1. The fourth-order valence-corrected chi connectivity index (χ4v) is 1.89. The monoisotopic (exact) mass is 257 g/mol. The third-order valence-electron chi connectivity index (χ3n) is 2.20. The van der Waals surface area contributed by atoms with E-state index in [-0.39, 0.29) is 5.69 Å².